The van der Waals surface area contributed by atoms with Crippen molar-refractivity contribution in [3.05, 3.63) is 30.1 Å². The summed E-state index contributed by atoms with van der Waals surface area (Å²) in [6, 6.07) is 4.48. The van der Waals surface area contributed by atoms with Crippen LogP contribution in [0.15, 0.2) is 24.5 Å². The van der Waals surface area contributed by atoms with E-state index in [0.29, 0.717) is 18.4 Å². The monoisotopic (exact) mass is 331 g/mol. The molecule has 132 valence electrons. The van der Waals surface area contributed by atoms with Gasteiger partial charge in [0.25, 0.3) is 0 Å². The summed E-state index contributed by atoms with van der Waals surface area (Å²) in [6.45, 7) is 2.67. The van der Waals surface area contributed by atoms with Crippen LogP contribution in [0.5, 0.6) is 0 Å². The minimum Gasteiger partial charge on any atom is -0.378 e. The Morgan fingerprint density at radius 3 is 3.00 bits per heavy atom. The van der Waals surface area contributed by atoms with E-state index >= 15 is 0 Å². The molecular formula is C19H29N3O2. The Labute approximate surface area is 145 Å². The van der Waals surface area contributed by atoms with Gasteiger partial charge in [0.1, 0.15) is 0 Å². The van der Waals surface area contributed by atoms with Gasteiger partial charge in [-0.15, -0.1) is 0 Å². The van der Waals surface area contributed by atoms with Crippen LogP contribution in [0.25, 0.3) is 0 Å². The smallest absolute Gasteiger partial charge is 0.224 e. The summed E-state index contributed by atoms with van der Waals surface area (Å²) in [7, 11) is 4.10. The van der Waals surface area contributed by atoms with Crippen molar-refractivity contribution in [1.82, 2.24) is 14.8 Å². The molecule has 1 unspecified atom stereocenters. The normalized spacial score (nSPS) is 28.0. The number of hydrogen-bond donors (Lipinski definition) is 0. The lowest BCUT2D eigenvalue weighted by atomic mass is 9.94. The molecule has 1 aromatic heterocycles. The number of carbonyl (C=O) groups excluding carboxylic acids is 1. The van der Waals surface area contributed by atoms with E-state index in [1.54, 1.807) is 0 Å². The second-order valence-corrected chi connectivity index (χ2v) is 7.23. The number of rotatable bonds is 5. The van der Waals surface area contributed by atoms with Crippen molar-refractivity contribution in [2.75, 3.05) is 33.8 Å². The summed E-state index contributed by atoms with van der Waals surface area (Å²) in [5.41, 5.74) is 1.25. The van der Waals surface area contributed by atoms with Crippen molar-refractivity contribution < 1.29 is 9.53 Å². The SMILES string of the molecule is CN(C[C@@H]1CCN(C)[C@H]1c1cccnc1)C(=O)CC1CCCCO1. The van der Waals surface area contributed by atoms with Gasteiger partial charge in [0, 0.05) is 38.6 Å². The van der Waals surface area contributed by atoms with E-state index in [9.17, 15) is 4.79 Å². The maximum Gasteiger partial charge on any atom is 0.224 e. The molecule has 0 spiro atoms. The molecule has 2 aliphatic rings. The molecule has 0 saturated carbocycles. The number of hydrogen-bond acceptors (Lipinski definition) is 4. The molecule has 0 aromatic carbocycles. The van der Waals surface area contributed by atoms with Gasteiger partial charge in [-0.2, -0.15) is 0 Å². The number of nitrogens with zero attached hydrogens (tertiary/aromatic N) is 3. The zero-order valence-electron chi connectivity index (χ0n) is 14.9. The van der Waals surface area contributed by atoms with Gasteiger partial charge in [-0.25, -0.2) is 0 Å². The largest absolute Gasteiger partial charge is 0.378 e. The van der Waals surface area contributed by atoms with Gasteiger partial charge in [-0.05, 0) is 56.8 Å². The van der Waals surface area contributed by atoms with Gasteiger partial charge in [-0.3, -0.25) is 14.7 Å². The van der Waals surface area contributed by atoms with Crippen LogP contribution in [0.1, 0.15) is 43.7 Å². The summed E-state index contributed by atoms with van der Waals surface area (Å²) < 4.78 is 5.71. The predicted molar refractivity (Wildman–Crippen MR) is 93.6 cm³/mol. The molecule has 5 nitrogen and oxygen atoms in total. The highest BCUT2D eigenvalue weighted by Crippen LogP contribution is 2.36. The molecule has 5 heteroatoms. The third-order valence-electron chi connectivity index (χ3n) is 5.41. The standard InChI is InChI=1S/C19H29N3O2/c1-21-10-8-16(19(21)15-6-5-9-20-13-15)14-22(2)18(23)12-17-7-3-4-11-24-17/h5-6,9,13,16-17,19H,3-4,7-8,10-12,14H2,1-2H3/t16-,17?,19-/m0/s1. The molecule has 1 aromatic rings. The first-order valence-corrected chi connectivity index (χ1v) is 9.11. The first-order valence-electron chi connectivity index (χ1n) is 9.11. The van der Waals surface area contributed by atoms with E-state index in [4.69, 9.17) is 4.74 Å². The third-order valence-corrected chi connectivity index (χ3v) is 5.41. The molecule has 0 radical (unpaired) electrons. The molecule has 3 heterocycles. The van der Waals surface area contributed by atoms with E-state index in [1.807, 2.05) is 30.4 Å². The van der Waals surface area contributed by atoms with E-state index in [0.717, 1.165) is 39.0 Å². The molecule has 2 aliphatic heterocycles. The Hall–Kier alpha value is -1.46. The second kappa shape index (κ2) is 8.08. The summed E-state index contributed by atoms with van der Waals surface area (Å²) in [5, 5.41) is 0. The van der Waals surface area contributed by atoms with Crippen molar-refractivity contribution in [2.24, 2.45) is 5.92 Å². The Morgan fingerprint density at radius 2 is 2.29 bits per heavy atom. The van der Waals surface area contributed by atoms with Crippen molar-refractivity contribution in [3.8, 4) is 0 Å². The van der Waals surface area contributed by atoms with Crippen LogP contribution < -0.4 is 0 Å². The fourth-order valence-electron chi connectivity index (χ4n) is 4.07. The average molecular weight is 331 g/mol. The van der Waals surface area contributed by atoms with Crippen LogP contribution in [0.3, 0.4) is 0 Å². The molecule has 0 aliphatic carbocycles. The highest BCUT2D eigenvalue weighted by atomic mass is 16.5. The predicted octanol–water partition coefficient (Wildman–Crippen LogP) is 2.49. The fourth-order valence-corrected chi connectivity index (χ4v) is 4.07. The lowest BCUT2D eigenvalue weighted by Crippen LogP contribution is -2.36. The Kier molecular flexibility index (Phi) is 5.85. The van der Waals surface area contributed by atoms with Crippen LogP contribution in [-0.4, -0.2) is 60.6 Å². The van der Waals surface area contributed by atoms with E-state index in [1.165, 1.54) is 12.0 Å². The van der Waals surface area contributed by atoms with Gasteiger partial charge in [0.05, 0.1) is 12.5 Å². The molecule has 1 amide bonds. The van der Waals surface area contributed by atoms with Crippen LogP contribution in [0.4, 0.5) is 0 Å². The van der Waals surface area contributed by atoms with Gasteiger partial charge in [0.15, 0.2) is 0 Å². The molecule has 2 saturated heterocycles. The van der Waals surface area contributed by atoms with Gasteiger partial charge < -0.3 is 9.64 Å². The van der Waals surface area contributed by atoms with Crippen molar-refractivity contribution in [2.45, 2.75) is 44.2 Å². The van der Waals surface area contributed by atoms with E-state index in [-0.39, 0.29) is 12.0 Å². The van der Waals surface area contributed by atoms with Crippen LogP contribution >= 0.6 is 0 Å². The maximum atomic E-state index is 12.5. The van der Waals surface area contributed by atoms with Crippen LogP contribution in [-0.2, 0) is 9.53 Å². The zero-order chi connectivity index (χ0) is 16.9. The number of ether oxygens (including phenoxy) is 1. The molecule has 0 bridgehead atoms. The molecular weight excluding hydrogens is 302 g/mol. The van der Waals surface area contributed by atoms with Crippen molar-refractivity contribution in [3.63, 3.8) is 0 Å². The van der Waals surface area contributed by atoms with Gasteiger partial charge in [0.2, 0.25) is 5.91 Å². The van der Waals surface area contributed by atoms with Gasteiger partial charge >= 0.3 is 0 Å². The van der Waals surface area contributed by atoms with E-state index in [2.05, 4.69) is 23.0 Å². The lowest BCUT2D eigenvalue weighted by Gasteiger charge is -2.30. The zero-order valence-corrected chi connectivity index (χ0v) is 14.9. The maximum absolute atomic E-state index is 12.5. The molecule has 3 atom stereocenters. The molecule has 2 fully saturated rings. The summed E-state index contributed by atoms with van der Waals surface area (Å²) in [4.78, 5) is 21.1. The van der Waals surface area contributed by atoms with Crippen molar-refractivity contribution in [1.29, 1.82) is 0 Å². The molecule has 0 N–H and O–H groups in total. The number of carbonyl (C=O) groups is 1. The quantitative estimate of drug-likeness (QED) is 0.832. The number of likely N-dealkylation sites (tertiary alicyclic amines) is 1. The van der Waals surface area contributed by atoms with Gasteiger partial charge in [-0.1, -0.05) is 6.07 Å². The first-order chi connectivity index (χ1) is 11.6. The Morgan fingerprint density at radius 1 is 1.42 bits per heavy atom. The molecule has 24 heavy (non-hydrogen) atoms. The highest BCUT2D eigenvalue weighted by Gasteiger charge is 2.34. The highest BCUT2D eigenvalue weighted by molar-refractivity contribution is 5.76. The number of amides is 1. The topological polar surface area (TPSA) is 45.7 Å². The second-order valence-electron chi connectivity index (χ2n) is 7.23. The van der Waals surface area contributed by atoms with E-state index < -0.39 is 0 Å². The lowest BCUT2D eigenvalue weighted by molar-refractivity contribution is -0.134. The average Bonchev–Trinajstić information content (AvgIpc) is 2.97. The first kappa shape index (κ1) is 17.4. The third kappa shape index (κ3) is 4.14. The summed E-state index contributed by atoms with van der Waals surface area (Å²) in [6.07, 6.45) is 8.85. The molecule has 3 rings (SSSR count). The fraction of sp³-hybridized carbons (Fsp3) is 0.684. The minimum absolute atomic E-state index is 0.120. The summed E-state index contributed by atoms with van der Waals surface area (Å²) >= 11 is 0. The Balaban J connectivity index is 1.58. The number of pyridine rings is 1. The Bertz CT molecular complexity index is 531. The minimum atomic E-state index is 0.120. The number of aromatic nitrogens is 1. The van der Waals surface area contributed by atoms with Crippen LogP contribution in [0, 0.1) is 5.92 Å². The van der Waals surface area contributed by atoms with Crippen molar-refractivity contribution >= 4 is 5.91 Å². The van der Waals surface area contributed by atoms with Crippen LogP contribution in [0.2, 0.25) is 0 Å². The summed E-state index contributed by atoms with van der Waals surface area (Å²) in [5.74, 6) is 0.668.